The molecule has 0 fully saturated rings. The van der Waals surface area contributed by atoms with Crippen LogP contribution < -0.4 is 17.0 Å². The Bertz CT molecular complexity index is 788. The van der Waals surface area contributed by atoms with Crippen LogP contribution in [0.15, 0.2) is 48.5 Å². The Kier molecular flexibility index (Phi) is 3.95. The molecular weight excluding hydrogens is 290 g/mol. The largest absolute Gasteiger partial charge is 1.00 e. The van der Waals surface area contributed by atoms with Crippen LogP contribution >= 0.6 is 0 Å². The van der Waals surface area contributed by atoms with Crippen molar-refractivity contribution in [1.29, 1.82) is 0 Å². The maximum atomic E-state index is 11.2. The van der Waals surface area contributed by atoms with Crippen LogP contribution in [0.1, 0.15) is 0 Å². The van der Waals surface area contributed by atoms with Gasteiger partial charge in [-0.15, -0.1) is 0 Å². The number of nitro groups is 1. The molecule has 0 atom stereocenters. The van der Waals surface area contributed by atoms with E-state index < -0.39 is 0 Å². The van der Waals surface area contributed by atoms with Crippen LogP contribution in [0, 0.1) is 10.1 Å². The van der Waals surface area contributed by atoms with E-state index in [-0.39, 0.29) is 23.0 Å². The first-order chi connectivity index (χ1) is 9.61. The molecule has 0 aliphatic heterocycles. The van der Waals surface area contributed by atoms with Gasteiger partial charge < -0.3 is 12.4 Å². The predicted octanol–water partition coefficient (Wildman–Crippen LogP) is -0.418. The van der Waals surface area contributed by atoms with Crippen LogP contribution in [0.25, 0.3) is 22.4 Å². The van der Waals surface area contributed by atoms with E-state index in [0.29, 0.717) is 5.56 Å². The molecule has 0 radical (unpaired) electrons. The van der Waals surface area contributed by atoms with Crippen molar-refractivity contribution < 1.29 is 21.9 Å². The van der Waals surface area contributed by atoms with Gasteiger partial charge in [0.1, 0.15) is 5.56 Å². The molecule has 108 valence electrons. The van der Waals surface area contributed by atoms with Crippen molar-refractivity contribution in [2.75, 3.05) is 0 Å². The molecule has 1 heterocycles. The maximum absolute atomic E-state index is 11.2. The lowest BCUT2D eigenvalue weighted by atomic mass is 10.1. The molecule has 21 heavy (non-hydrogen) atoms. The van der Waals surface area contributed by atoms with Crippen LogP contribution in [0.3, 0.4) is 0 Å². The van der Waals surface area contributed by atoms with Gasteiger partial charge in [0.2, 0.25) is 0 Å². The molecule has 0 bridgehead atoms. The average Bonchev–Trinajstić information content (AvgIpc) is 2.71. The van der Waals surface area contributed by atoms with E-state index in [0.717, 1.165) is 16.9 Å². The molecule has 1 aromatic heterocycles. The Hall–Kier alpha value is -2.40. The van der Waals surface area contributed by atoms with Crippen molar-refractivity contribution in [2.45, 2.75) is 0 Å². The van der Waals surface area contributed by atoms with Crippen LogP contribution in [0.5, 0.6) is 0 Å². The standard InChI is InChI=1S/C15H14N3O2.ClH/c1-16-13-9-5-6-10-14(13)17(2)15(16)11-7-3-4-8-12(11)18(19)20;/h3-10H,1-2H3;1H/q+1;/p-1. The lowest BCUT2D eigenvalue weighted by Gasteiger charge is -2.00. The van der Waals surface area contributed by atoms with E-state index in [1.807, 2.05) is 53.6 Å². The zero-order valence-electron chi connectivity index (χ0n) is 11.7. The third-order valence-corrected chi connectivity index (χ3v) is 3.58. The molecule has 5 nitrogen and oxygen atoms in total. The van der Waals surface area contributed by atoms with E-state index in [1.165, 1.54) is 6.07 Å². The fraction of sp³-hybridized carbons (Fsp3) is 0.133. The van der Waals surface area contributed by atoms with Gasteiger partial charge in [-0.3, -0.25) is 10.1 Å². The quantitative estimate of drug-likeness (QED) is 0.367. The highest BCUT2D eigenvalue weighted by Gasteiger charge is 2.27. The van der Waals surface area contributed by atoms with Crippen molar-refractivity contribution in [2.24, 2.45) is 14.1 Å². The Morgan fingerprint density at radius 2 is 1.71 bits per heavy atom. The van der Waals surface area contributed by atoms with E-state index in [4.69, 9.17) is 0 Å². The first kappa shape index (κ1) is 15.0. The monoisotopic (exact) mass is 303 g/mol. The van der Waals surface area contributed by atoms with Crippen molar-refractivity contribution >= 4 is 16.7 Å². The van der Waals surface area contributed by atoms with E-state index in [1.54, 1.807) is 12.1 Å². The SMILES string of the molecule is Cn1c(-c2ccccc2[N+](=O)[O-])[n+](C)c2ccccc21.[Cl-]. The molecule has 0 aliphatic rings. The fourth-order valence-corrected chi connectivity index (χ4v) is 2.67. The molecule has 2 aromatic carbocycles. The number of hydrogen-bond acceptors (Lipinski definition) is 2. The van der Waals surface area contributed by atoms with Gasteiger partial charge in [-0.1, -0.05) is 24.3 Å². The number of nitro benzene ring substituents is 1. The number of aromatic nitrogens is 2. The number of halogens is 1. The minimum absolute atomic E-state index is 0. The van der Waals surface area contributed by atoms with E-state index in [2.05, 4.69) is 0 Å². The summed E-state index contributed by atoms with van der Waals surface area (Å²) in [6, 6.07) is 14.8. The van der Waals surface area contributed by atoms with Gasteiger partial charge in [0.15, 0.2) is 11.0 Å². The highest BCUT2D eigenvalue weighted by Crippen LogP contribution is 2.29. The summed E-state index contributed by atoms with van der Waals surface area (Å²) in [5, 5.41) is 11.2. The van der Waals surface area contributed by atoms with Crippen LogP contribution in [-0.2, 0) is 14.1 Å². The lowest BCUT2D eigenvalue weighted by molar-refractivity contribution is -0.634. The number of rotatable bonds is 2. The van der Waals surface area contributed by atoms with Crippen molar-refractivity contribution in [3.05, 3.63) is 58.6 Å². The first-order valence-electron chi connectivity index (χ1n) is 6.28. The highest BCUT2D eigenvalue weighted by atomic mass is 35.5. The second-order valence-electron chi connectivity index (χ2n) is 4.70. The zero-order chi connectivity index (χ0) is 14.3. The molecular formula is C15H14ClN3O2. The third kappa shape index (κ3) is 2.25. The summed E-state index contributed by atoms with van der Waals surface area (Å²) >= 11 is 0. The van der Waals surface area contributed by atoms with Crippen LogP contribution in [-0.4, -0.2) is 9.49 Å². The molecule has 0 unspecified atom stereocenters. The van der Waals surface area contributed by atoms with Crippen molar-refractivity contribution in [3.8, 4) is 11.4 Å². The molecule has 0 N–H and O–H groups in total. The van der Waals surface area contributed by atoms with Gasteiger partial charge >= 0.3 is 0 Å². The molecule has 0 saturated heterocycles. The maximum Gasteiger partial charge on any atom is 0.296 e. The predicted molar refractivity (Wildman–Crippen MR) is 76.2 cm³/mol. The zero-order valence-corrected chi connectivity index (χ0v) is 12.4. The Balaban J connectivity index is 0.00000161. The summed E-state index contributed by atoms with van der Waals surface area (Å²) in [4.78, 5) is 10.9. The number of imidazole rings is 1. The number of aryl methyl sites for hydroxylation is 2. The molecule has 6 heteroatoms. The summed E-state index contributed by atoms with van der Waals surface area (Å²) in [5.74, 6) is 0.818. The molecule has 3 aromatic rings. The Morgan fingerprint density at radius 1 is 1.10 bits per heavy atom. The normalized spacial score (nSPS) is 10.4. The summed E-state index contributed by atoms with van der Waals surface area (Å²) in [5.41, 5.74) is 2.83. The van der Waals surface area contributed by atoms with Crippen molar-refractivity contribution in [1.82, 2.24) is 4.57 Å². The van der Waals surface area contributed by atoms with Crippen LogP contribution in [0.4, 0.5) is 5.69 Å². The topological polar surface area (TPSA) is 51.9 Å². The second-order valence-corrected chi connectivity index (χ2v) is 4.70. The van der Waals surface area contributed by atoms with Gasteiger partial charge in [0.25, 0.3) is 11.5 Å². The third-order valence-electron chi connectivity index (χ3n) is 3.58. The number of nitrogens with zero attached hydrogens (tertiary/aromatic N) is 3. The fourth-order valence-electron chi connectivity index (χ4n) is 2.67. The number of para-hydroxylation sites is 3. The van der Waals surface area contributed by atoms with Gasteiger partial charge in [0.05, 0.1) is 19.0 Å². The smallest absolute Gasteiger partial charge is 0.296 e. The summed E-state index contributed by atoms with van der Waals surface area (Å²) < 4.78 is 3.97. The first-order valence-corrected chi connectivity index (χ1v) is 6.28. The van der Waals surface area contributed by atoms with Crippen molar-refractivity contribution in [3.63, 3.8) is 0 Å². The Labute approximate surface area is 128 Å². The summed E-state index contributed by atoms with van der Waals surface area (Å²) in [7, 11) is 3.85. The molecule has 0 aliphatic carbocycles. The molecule has 0 saturated carbocycles. The minimum atomic E-state index is -0.340. The van der Waals surface area contributed by atoms with Gasteiger partial charge in [0, 0.05) is 6.07 Å². The molecule has 0 spiro atoms. The average molecular weight is 304 g/mol. The second kappa shape index (κ2) is 5.54. The van der Waals surface area contributed by atoms with E-state index in [9.17, 15) is 10.1 Å². The molecule has 0 amide bonds. The van der Waals surface area contributed by atoms with Crippen LogP contribution in [0.2, 0.25) is 0 Å². The summed E-state index contributed by atoms with van der Waals surface area (Å²) in [6.45, 7) is 0. The lowest BCUT2D eigenvalue weighted by Crippen LogP contribution is -3.00. The Morgan fingerprint density at radius 3 is 2.38 bits per heavy atom. The van der Waals surface area contributed by atoms with E-state index >= 15 is 0 Å². The number of hydrogen-bond donors (Lipinski definition) is 0. The number of benzene rings is 2. The summed E-state index contributed by atoms with van der Waals surface area (Å²) in [6.07, 6.45) is 0. The highest BCUT2D eigenvalue weighted by molar-refractivity contribution is 5.78. The molecule has 3 rings (SSSR count). The van der Waals surface area contributed by atoms with Gasteiger partial charge in [-0.25, -0.2) is 9.13 Å². The van der Waals surface area contributed by atoms with Gasteiger partial charge in [-0.05, 0) is 18.2 Å². The van der Waals surface area contributed by atoms with Gasteiger partial charge in [-0.2, -0.15) is 0 Å². The number of fused-ring (bicyclic) bond motifs is 1. The minimum Gasteiger partial charge on any atom is -1.00 e.